The molecule has 1 aliphatic rings. The van der Waals surface area contributed by atoms with Crippen LogP contribution in [0.5, 0.6) is 11.5 Å². The van der Waals surface area contributed by atoms with E-state index in [2.05, 4.69) is 4.99 Å². The van der Waals surface area contributed by atoms with E-state index in [-0.39, 0.29) is 23.6 Å². The average molecular weight is 538 g/mol. The fourth-order valence-electron chi connectivity index (χ4n) is 4.08. The predicted molar refractivity (Wildman–Crippen MR) is 138 cm³/mol. The van der Waals surface area contributed by atoms with Gasteiger partial charge >= 0.3 is 11.9 Å². The highest BCUT2D eigenvalue weighted by Gasteiger charge is 2.34. The van der Waals surface area contributed by atoms with Crippen LogP contribution < -0.4 is 24.4 Å². The van der Waals surface area contributed by atoms with Gasteiger partial charge in [0.2, 0.25) is 0 Å². The fraction of sp³-hybridized carbons (Fsp3) is 0.231. The number of allylic oxidation sites excluding steroid dienone is 1. The third-order valence-corrected chi connectivity index (χ3v) is 6.64. The molecule has 0 N–H and O–H groups in total. The maximum Gasteiger partial charge on any atom is 0.338 e. The monoisotopic (exact) mass is 537 g/mol. The second-order valence-corrected chi connectivity index (χ2v) is 9.17. The summed E-state index contributed by atoms with van der Waals surface area (Å²) in [5.74, 6) is -0.626. The lowest BCUT2D eigenvalue weighted by Gasteiger charge is -2.24. The number of benzene rings is 2. The number of rotatable bonds is 7. The Morgan fingerprint density at radius 1 is 1.21 bits per heavy atom. The van der Waals surface area contributed by atoms with Gasteiger partial charge in [0.05, 0.1) is 40.5 Å². The average Bonchev–Trinajstić information content (AvgIpc) is 3.18. The minimum absolute atomic E-state index is 0.104. The molecule has 3 aromatic rings. The van der Waals surface area contributed by atoms with Gasteiger partial charge in [0.1, 0.15) is 0 Å². The van der Waals surface area contributed by atoms with E-state index in [0.717, 1.165) is 11.3 Å². The number of nitro benzene ring substituents is 1. The topological polar surface area (TPSA) is 139 Å². The zero-order valence-corrected chi connectivity index (χ0v) is 21.7. The predicted octanol–water partition coefficient (Wildman–Crippen LogP) is 2.64. The summed E-state index contributed by atoms with van der Waals surface area (Å²) in [6, 6.07) is 9.63. The molecule has 0 saturated heterocycles. The maximum absolute atomic E-state index is 13.7. The number of methoxy groups -OCH3 is 1. The molecule has 12 heteroatoms. The van der Waals surface area contributed by atoms with Crippen molar-refractivity contribution in [3.63, 3.8) is 0 Å². The Bertz CT molecular complexity index is 1670. The molecule has 1 aromatic heterocycles. The first kappa shape index (κ1) is 26.5. The third-order valence-electron chi connectivity index (χ3n) is 5.65. The lowest BCUT2D eigenvalue weighted by atomic mass is 9.95. The summed E-state index contributed by atoms with van der Waals surface area (Å²) in [5.41, 5.74) is 0.816. The Balaban J connectivity index is 1.92. The van der Waals surface area contributed by atoms with Crippen molar-refractivity contribution in [3.05, 3.63) is 94.7 Å². The number of hydrogen-bond acceptors (Lipinski definition) is 10. The van der Waals surface area contributed by atoms with Crippen LogP contribution in [0.4, 0.5) is 5.69 Å². The Morgan fingerprint density at radius 2 is 1.97 bits per heavy atom. The summed E-state index contributed by atoms with van der Waals surface area (Å²) in [6.45, 7) is 4.67. The Hall–Kier alpha value is -4.58. The minimum Gasteiger partial charge on any atom is -0.493 e. The van der Waals surface area contributed by atoms with Crippen molar-refractivity contribution in [2.24, 2.45) is 4.99 Å². The molecule has 0 amide bonds. The molecular formula is C26H23N3O8S. The number of hydrogen-bond donors (Lipinski definition) is 0. The highest BCUT2D eigenvalue weighted by molar-refractivity contribution is 7.07. The van der Waals surface area contributed by atoms with Crippen LogP contribution in [0.3, 0.4) is 0 Å². The van der Waals surface area contributed by atoms with Crippen molar-refractivity contribution in [1.29, 1.82) is 0 Å². The normalized spacial score (nSPS) is 14.9. The molecule has 0 bridgehead atoms. The number of ether oxygens (including phenoxy) is 3. The lowest BCUT2D eigenvalue weighted by Crippen LogP contribution is -2.40. The van der Waals surface area contributed by atoms with Crippen molar-refractivity contribution < 1.29 is 28.7 Å². The van der Waals surface area contributed by atoms with Gasteiger partial charge in [-0.15, -0.1) is 0 Å². The van der Waals surface area contributed by atoms with Gasteiger partial charge in [-0.2, -0.15) is 0 Å². The number of fused-ring (bicyclic) bond motifs is 1. The largest absolute Gasteiger partial charge is 0.493 e. The quantitative estimate of drug-likeness (QED) is 0.194. The Morgan fingerprint density at radius 3 is 2.63 bits per heavy atom. The molecule has 0 spiro atoms. The van der Waals surface area contributed by atoms with Crippen LogP contribution in [0.1, 0.15) is 37.9 Å². The van der Waals surface area contributed by atoms with Gasteiger partial charge in [-0.05, 0) is 43.2 Å². The number of nitro groups is 1. The summed E-state index contributed by atoms with van der Waals surface area (Å²) in [6.07, 6.45) is 1.62. The van der Waals surface area contributed by atoms with Crippen LogP contribution in [-0.2, 0) is 14.3 Å². The van der Waals surface area contributed by atoms with Crippen molar-refractivity contribution in [1.82, 2.24) is 4.57 Å². The number of aromatic nitrogens is 1. The van der Waals surface area contributed by atoms with Gasteiger partial charge in [-0.3, -0.25) is 24.3 Å². The molecule has 0 fully saturated rings. The summed E-state index contributed by atoms with van der Waals surface area (Å²) in [5, 5.41) is 11.4. The lowest BCUT2D eigenvalue weighted by molar-refractivity contribution is -0.384. The molecule has 1 atom stereocenters. The minimum atomic E-state index is -0.978. The van der Waals surface area contributed by atoms with E-state index in [1.807, 2.05) is 0 Å². The van der Waals surface area contributed by atoms with Gasteiger partial charge in [0.15, 0.2) is 16.3 Å². The number of esters is 2. The van der Waals surface area contributed by atoms with Crippen LogP contribution in [0.25, 0.3) is 6.08 Å². The molecule has 2 heterocycles. The van der Waals surface area contributed by atoms with Crippen LogP contribution in [0, 0.1) is 10.1 Å². The molecule has 196 valence electrons. The first-order valence-corrected chi connectivity index (χ1v) is 12.3. The number of carbonyl (C=O) groups excluding carboxylic acids is 2. The summed E-state index contributed by atoms with van der Waals surface area (Å²) < 4.78 is 17.3. The SMILES string of the molecule is CCOC(=O)C1=C(C)N=c2sc(=Cc3ccc(OC(C)=O)c(OC)c3)c(=O)n2[C@H]1c1cccc([N+](=O)[O-])c1. The summed E-state index contributed by atoms with van der Waals surface area (Å²) in [4.78, 5) is 53.7. The van der Waals surface area contributed by atoms with E-state index in [9.17, 15) is 24.5 Å². The van der Waals surface area contributed by atoms with E-state index >= 15 is 0 Å². The van der Waals surface area contributed by atoms with E-state index in [1.165, 1.54) is 36.8 Å². The van der Waals surface area contributed by atoms with Crippen molar-refractivity contribution in [2.75, 3.05) is 13.7 Å². The van der Waals surface area contributed by atoms with E-state index < -0.39 is 28.5 Å². The zero-order valence-electron chi connectivity index (χ0n) is 20.9. The molecular weight excluding hydrogens is 514 g/mol. The standard InChI is InChI=1S/C26H23N3O8S/c1-5-36-25(32)22-14(2)27-26-28(23(22)17-7-6-8-18(13-17)29(33)34)24(31)21(38-26)12-16-9-10-19(37-15(3)30)20(11-16)35-4/h6-13,23H,5H2,1-4H3/t23-/m0/s1. The molecule has 0 saturated carbocycles. The number of nitrogens with zero attached hydrogens (tertiary/aromatic N) is 3. The summed E-state index contributed by atoms with van der Waals surface area (Å²) in [7, 11) is 1.43. The molecule has 38 heavy (non-hydrogen) atoms. The molecule has 0 unspecified atom stereocenters. The molecule has 1 aliphatic heterocycles. The Labute approximate surface area is 220 Å². The molecule has 2 aromatic carbocycles. The number of carbonyl (C=O) groups is 2. The fourth-order valence-corrected chi connectivity index (χ4v) is 5.13. The van der Waals surface area contributed by atoms with Gasteiger partial charge in [0, 0.05) is 19.1 Å². The van der Waals surface area contributed by atoms with E-state index in [4.69, 9.17) is 14.2 Å². The van der Waals surface area contributed by atoms with Crippen molar-refractivity contribution in [3.8, 4) is 11.5 Å². The van der Waals surface area contributed by atoms with Crippen LogP contribution in [0.2, 0.25) is 0 Å². The molecule has 0 radical (unpaired) electrons. The summed E-state index contributed by atoms with van der Waals surface area (Å²) >= 11 is 1.11. The second-order valence-electron chi connectivity index (χ2n) is 8.16. The van der Waals surface area contributed by atoms with Gasteiger partial charge in [-0.1, -0.05) is 29.5 Å². The van der Waals surface area contributed by atoms with Gasteiger partial charge in [0.25, 0.3) is 11.2 Å². The van der Waals surface area contributed by atoms with E-state index in [1.54, 1.807) is 44.2 Å². The second kappa shape index (κ2) is 10.8. The first-order valence-electron chi connectivity index (χ1n) is 11.4. The van der Waals surface area contributed by atoms with Gasteiger partial charge < -0.3 is 14.2 Å². The molecule has 11 nitrogen and oxygen atoms in total. The van der Waals surface area contributed by atoms with Crippen molar-refractivity contribution in [2.45, 2.75) is 26.8 Å². The smallest absolute Gasteiger partial charge is 0.338 e. The van der Waals surface area contributed by atoms with Crippen LogP contribution >= 0.6 is 11.3 Å². The molecule has 4 rings (SSSR count). The number of thiazole rings is 1. The van der Waals surface area contributed by atoms with Crippen LogP contribution in [0.15, 0.2) is 63.5 Å². The van der Waals surface area contributed by atoms with Gasteiger partial charge in [-0.25, -0.2) is 9.79 Å². The van der Waals surface area contributed by atoms with Crippen molar-refractivity contribution >= 4 is 35.0 Å². The molecule has 0 aliphatic carbocycles. The highest BCUT2D eigenvalue weighted by atomic mass is 32.1. The Kier molecular flexibility index (Phi) is 7.53. The highest BCUT2D eigenvalue weighted by Crippen LogP contribution is 2.32. The number of non-ortho nitro benzene ring substituents is 1. The van der Waals surface area contributed by atoms with E-state index in [0.29, 0.717) is 31.9 Å². The third kappa shape index (κ3) is 5.11. The van der Waals surface area contributed by atoms with Crippen LogP contribution in [-0.4, -0.2) is 35.1 Å². The zero-order chi connectivity index (χ0) is 27.6. The maximum atomic E-state index is 13.7. The first-order chi connectivity index (χ1) is 18.1.